The number of amides is 3. The maximum atomic E-state index is 11.2. The first-order valence-corrected chi connectivity index (χ1v) is 5.52. The Morgan fingerprint density at radius 2 is 2.16 bits per heavy atom. The van der Waals surface area contributed by atoms with Crippen molar-refractivity contribution in [3.8, 4) is 11.5 Å². The zero-order chi connectivity index (χ0) is 14.4. The van der Waals surface area contributed by atoms with Gasteiger partial charge in [0.25, 0.3) is 5.91 Å². The Bertz CT molecular complexity index is 473. The lowest BCUT2D eigenvalue weighted by atomic mass is 10.1. The van der Waals surface area contributed by atoms with Crippen molar-refractivity contribution in [2.75, 3.05) is 13.7 Å². The summed E-state index contributed by atoms with van der Waals surface area (Å²) in [5, 5.41) is 11.5. The summed E-state index contributed by atoms with van der Waals surface area (Å²) in [5.74, 6) is 0.149. The third-order valence-electron chi connectivity index (χ3n) is 2.29. The van der Waals surface area contributed by atoms with Crippen molar-refractivity contribution < 1.29 is 24.2 Å². The second kappa shape index (κ2) is 6.60. The Labute approximate surface area is 110 Å². The Kier molecular flexibility index (Phi) is 5.13. The van der Waals surface area contributed by atoms with E-state index in [0.717, 1.165) is 0 Å². The molecule has 0 unspecified atom stereocenters. The predicted octanol–water partition coefficient (Wildman–Crippen LogP) is 0.322. The highest BCUT2D eigenvalue weighted by Gasteiger charge is 2.12. The van der Waals surface area contributed by atoms with E-state index in [1.54, 1.807) is 25.1 Å². The van der Waals surface area contributed by atoms with Crippen LogP contribution >= 0.6 is 0 Å². The standard InChI is InChI=1S/C12H16N2O5/c1-7(15)9-4-3-8(18-2)5-10(9)19-6-11(16)14-12(13)17/h3-5,7,15H,6H2,1-2H3,(H3,13,14,16,17)/t7-/m0/s1. The maximum absolute atomic E-state index is 11.2. The molecule has 3 amide bonds. The molecule has 1 rings (SSSR count). The molecule has 7 heteroatoms. The maximum Gasteiger partial charge on any atom is 0.318 e. The number of hydrogen-bond donors (Lipinski definition) is 3. The van der Waals surface area contributed by atoms with Crippen LogP contribution in [0.5, 0.6) is 11.5 Å². The minimum absolute atomic E-state index is 0.300. The zero-order valence-corrected chi connectivity index (χ0v) is 10.7. The van der Waals surface area contributed by atoms with Gasteiger partial charge in [0.1, 0.15) is 11.5 Å². The topological polar surface area (TPSA) is 111 Å². The minimum atomic E-state index is -0.949. The molecule has 0 heterocycles. The van der Waals surface area contributed by atoms with Crippen molar-refractivity contribution >= 4 is 11.9 Å². The first-order chi connectivity index (χ1) is 8.93. The highest BCUT2D eigenvalue weighted by atomic mass is 16.5. The smallest absolute Gasteiger partial charge is 0.318 e. The second-order valence-corrected chi connectivity index (χ2v) is 3.78. The molecule has 1 atom stereocenters. The molecule has 0 fully saturated rings. The lowest BCUT2D eigenvalue weighted by Gasteiger charge is -2.14. The van der Waals surface area contributed by atoms with E-state index in [0.29, 0.717) is 17.1 Å². The summed E-state index contributed by atoms with van der Waals surface area (Å²) in [6.45, 7) is 1.17. The van der Waals surface area contributed by atoms with Gasteiger partial charge in [0, 0.05) is 11.6 Å². The van der Waals surface area contributed by atoms with Crippen LogP contribution in [0.2, 0.25) is 0 Å². The van der Waals surface area contributed by atoms with E-state index in [1.807, 2.05) is 5.32 Å². The first-order valence-electron chi connectivity index (χ1n) is 5.52. The van der Waals surface area contributed by atoms with E-state index in [4.69, 9.17) is 15.2 Å². The summed E-state index contributed by atoms with van der Waals surface area (Å²) < 4.78 is 10.3. The normalized spacial score (nSPS) is 11.5. The van der Waals surface area contributed by atoms with Crippen LogP contribution in [-0.2, 0) is 4.79 Å². The Balaban J connectivity index is 2.80. The predicted molar refractivity (Wildman–Crippen MR) is 66.8 cm³/mol. The van der Waals surface area contributed by atoms with Gasteiger partial charge >= 0.3 is 6.03 Å². The average molecular weight is 268 g/mol. The summed E-state index contributed by atoms with van der Waals surface area (Å²) in [6, 6.07) is 3.89. The van der Waals surface area contributed by atoms with Crippen molar-refractivity contribution in [2.45, 2.75) is 13.0 Å². The molecule has 0 radical (unpaired) electrons. The van der Waals surface area contributed by atoms with Crippen LogP contribution in [0.25, 0.3) is 0 Å². The van der Waals surface area contributed by atoms with Gasteiger partial charge in [0.15, 0.2) is 6.61 Å². The zero-order valence-electron chi connectivity index (χ0n) is 10.7. The number of benzene rings is 1. The number of carbonyl (C=O) groups is 2. The highest BCUT2D eigenvalue weighted by Crippen LogP contribution is 2.29. The van der Waals surface area contributed by atoms with Crippen LogP contribution in [-0.4, -0.2) is 30.8 Å². The summed E-state index contributed by atoms with van der Waals surface area (Å²) in [5.41, 5.74) is 5.31. The molecule has 0 saturated heterocycles. The third-order valence-corrected chi connectivity index (χ3v) is 2.29. The van der Waals surface area contributed by atoms with Crippen LogP contribution in [0, 0.1) is 0 Å². The van der Waals surface area contributed by atoms with E-state index in [1.165, 1.54) is 7.11 Å². The number of methoxy groups -OCH3 is 1. The molecule has 0 bridgehead atoms. The third kappa shape index (κ3) is 4.47. The number of primary amides is 1. The van der Waals surface area contributed by atoms with Crippen molar-refractivity contribution in [1.29, 1.82) is 0 Å². The Morgan fingerprint density at radius 3 is 2.68 bits per heavy atom. The van der Waals surface area contributed by atoms with Crippen LogP contribution in [0.3, 0.4) is 0 Å². The Hall–Kier alpha value is -2.28. The summed E-state index contributed by atoms with van der Waals surface area (Å²) in [7, 11) is 1.49. The number of nitrogens with two attached hydrogens (primary N) is 1. The van der Waals surface area contributed by atoms with E-state index in [-0.39, 0.29) is 0 Å². The molecule has 19 heavy (non-hydrogen) atoms. The number of rotatable bonds is 5. The summed E-state index contributed by atoms with van der Waals surface area (Å²) in [6.07, 6.45) is -0.764. The van der Waals surface area contributed by atoms with Gasteiger partial charge < -0.3 is 20.3 Å². The molecule has 1 aromatic rings. The second-order valence-electron chi connectivity index (χ2n) is 3.78. The first kappa shape index (κ1) is 14.8. The molecular weight excluding hydrogens is 252 g/mol. The van der Waals surface area contributed by atoms with E-state index in [9.17, 15) is 14.7 Å². The number of nitrogens with one attached hydrogen (secondary N) is 1. The van der Waals surface area contributed by atoms with Crippen LogP contribution in [0.4, 0.5) is 4.79 Å². The minimum Gasteiger partial charge on any atom is -0.497 e. The summed E-state index contributed by atoms with van der Waals surface area (Å²) in [4.78, 5) is 21.7. The molecule has 1 aromatic carbocycles. The monoisotopic (exact) mass is 268 g/mol. The lowest BCUT2D eigenvalue weighted by molar-refractivity contribution is -0.121. The lowest BCUT2D eigenvalue weighted by Crippen LogP contribution is -2.38. The van der Waals surface area contributed by atoms with E-state index in [2.05, 4.69) is 0 Å². The van der Waals surface area contributed by atoms with Gasteiger partial charge in [-0.1, -0.05) is 0 Å². The van der Waals surface area contributed by atoms with Crippen molar-refractivity contribution in [2.24, 2.45) is 5.73 Å². The van der Waals surface area contributed by atoms with E-state index >= 15 is 0 Å². The number of aliphatic hydroxyl groups excluding tert-OH is 1. The number of aliphatic hydroxyl groups is 1. The molecule has 0 aromatic heterocycles. The molecule has 4 N–H and O–H groups in total. The van der Waals surface area contributed by atoms with E-state index < -0.39 is 24.6 Å². The SMILES string of the molecule is COc1ccc([C@H](C)O)c(OCC(=O)NC(N)=O)c1. The average Bonchev–Trinajstić information content (AvgIpc) is 2.34. The molecule has 0 aliphatic rings. The van der Waals surface area contributed by atoms with Crippen LogP contribution in [0.1, 0.15) is 18.6 Å². The van der Waals surface area contributed by atoms with Crippen molar-refractivity contribution in [1.82, 2.24) is 5.32 Å². The molecular formula is C12H16N2O5. The van der Waals surface area contributed by atoms with Crippen LogP contribution in [0.15, 0.2) is 18.2 Å². The van der Waals surface area contributed by atoms with Gasteiger partial charge in [-0.3, -0.25) is 10.1 Å². The fourth-order valence-corrected chi connectivity index (χ4v) is 1.43. The van der Waals surface area contributed by atoms with Gasteiger partial charge in [-0.2, -0.15) is 0 Å². The van der Waals surface area contributed by atoms with Crippen molar-refractivity contribution in [3.63, 3.8) is 0 Å². The quantitative estimate of drug-likeness (QED) is 0.712. The molecule has 0 saturated carbocycles. The molecule has 0 spiro atoms. The fourth-order valence-electron chi connectivity index (χ4n) is 1.43. The molecule has 104 valence electrons. The van der Waals surface area contributed by atoms with Gasteiger partial charge in [0.2, 0.25) is 0 Å². The number of imide groups is 1. The van der Waals surface area contributed by atoms with Crippen LogP contribution < -0.4 is 20.5 Å². The molecule has 0 aliphatic carbocycles. The summed E-state index contributed by atoms with van der Waals surface area (Å²) >= 11 is 0. The van der Waals surface area contributed by atoms with Gasteiger partial charge in [0.05, 0.1) is 13.2 Å². The molecule has 7 nitrogen and oxygen atoms in total. The largest absolute Gasteiger partial charge is 0.497 e. The van der Waals surface area contributed by atoms with Gasteiger partial charge in [-0.15, -0.1) is 0 Å². The Morgan fingerprint density at radius 1 is 1.47 bits per heavy atom. The van der Waals surface area contributed by atoms with Gasteiger partial charge in [-0.25, -0.2) is 4.79 Å². The fraction of sp³-hybridized carbons (Fsp3) is 0.333. The molecule has 0 aliphatic heterocycles. The highest BCUT2D eigenvalue weighted by molar-refractivity contribution is 5.94. The number of urea groups is 1. The van der Waals surface area contributed by atoms with Gasteiger partial charge in [-0.05, 0) is 19.1 Å². The number of carbonyl (C=O) groups excluding carboxylic acids is 2. The number of ether oxygens (including phenoxy) is 2. The van der Waals surface area contributed by atoms with Crippen molar-refractivity contribution in [3.05, 3.63) is 23.8 Å². The number of hydrogen-bond acceptors (Lipinski definition) is 5.